The van der Waals surface area contributed by atoms with E-state index >= 15 is 0 Å². The monoisotopic (exact) mass is 365 g/mol. The predicted octanol–water partition coefficient (Wildman–Crippen LogP) is 6.93. The molecule has 26 heavy (non-hydrogen) atoms. The molecule has 134 valence electrons. The second-order valence-electron chi connectivity index (χ2n) is 7.47. The van der Waals surface area contributed by atoms with Crippen LogP contribution in [0.4, 0.5) is 4.39 Å². The van der Waals surface area contributed by atoms with Crippen LogP contribution in [0.15, 0.2) is 48.5 Å². The van der Waals surface area contributed by atoms with Crippen LogP contribution in [0.2, 0.25) is 0 Å². The number of rotatable bonds is 3. The van der Waals surface area contributed by atoms with E-state index in [1.807, 2.05) is 12.1 Å². The Hall–Kier alpha value is -2.00. The maximum Gasteiger partial charge on any atom is 0.123 e. The molecule has 0 N–H and O–H groups in total. The number of thiol groups is 1. The van der Waals surface area contributed by atoms with E-state index in [4.69, 9.17) is 12.8 Å². The first-order valence-electron chi connectivity index (χ1n) is 9.35. The Kier molecular flexibility index (Phi) is 4.44. The molecule has 1 nitrogen and oxygen atoms in total. The van der Waals surface area contributed by atoms with Gasteiger partial charge in [0.15, 0.2) is 0 Å². The lowest BCUT2D eigenvalue weighted by Crippen LogP contribution is -2.08. The molecule has 3 aromatic rings. The molecule has 0 saturated heterocycles. The average molecular weight is 366 g/mol. The summed E-state index contributed by atoms with van der Waals surface area (Å²) in [5.41, 5.74) is 7.30. The Morgan fingerprint density at radius 2 is 1.88 bits per heavy atom. The third-order valence-corrected chi connectivity index (χ3v) is 6.01. The summed E-state index contributed by atoms with van der Waals surface area (Å²) in [5.74, 6) is 0.735. The van der Waals surface area contributed by atoms with Crippen molar-refractivity contribution < 1.29 is 4.39 Å². The molecule has 0 aliphatic heterocycles. The molecule has 0 amide bonds. The highest BCUT2D eigenvalue weighted by molar-refractivity contribution is 7.78. The number of benzene rings is 2. The lowest BCUT2D eigenvalue weighted by Gasteiger charge is -2.23. The number of allylic oxidation sites excluding steroid dienone is 1. The van der Waals surface area contributed by atoms with Gasteiger partial charge in [0.05, 0.1) is 5.52 Å². The maximum absolute atomic E-state index is 13.4. The van der Waals surface area contributed by atoms with Crippen LogP contribution in [0, 0.1) is 5.82 Å². The summed E-state index contributed by atoms with van der Waals surface area (Å²) >= 11 is 4.85. The molecular weight excluding hydrogens is 341 g/mol. The van der Waals surface area contributed by atoms with Crippen LogP contribution in [0.3, 0.4) is 0 Å². The quantitative estimate of drug-likeness (QED) is 0.480. The minimum Gasteiger partial charge on any atom is -0.290 e. The van der Waals surface area contributed by atoms with E-state index in [-0.39, 0.29) is 5.82 Å². The molecule has 1 aliphatic rings. The summed E-state index contributed by atoms with van der Waals surface area (Å²) in [6.07, 6.45) is 4.39. The second-order valence-corrected chi connectivity index (χ2v) is 7.87. The SMILES string of the molecule is CCC1CC=C(c2ccc(F)cc2)c2c1n(S)c1ccc(C(C)C)cc21. The van der Waals surface area contributed by atoms with E-state index < -0.39 is 0 Å². The Morgan fingerprint density at radius 3 is 2.54 bits per heavy atom. The number of halogens is 1. The molecule has 1 heterocycles. The number of fused-ring (bicyclic) bond motifs is 3. The predicted molar refractivity (Wildman–Crippen MR) is 112 cm³/mol. The zero-order valence-electron chi connectivity index (χ0n) is 15.5. The Balaban J connectivity index is 2.01. The van der Waals surface area contributed by atoms with Gasteiger partial charge in [0.1, 0.15) is 5.82 Å². The number of nitrogens with zero attached hydrogens (tertiary/aromatic N) is 1. The summed E-state index contributed by atoms with van der Waals surface area (Å²) in [7, 11) is 0. The van der Waals surface area contributed by atoms with E-state index in [1.54, 1.807) is 12.1 Å². The van der Waals surface area contributed by atoms with Crippen molar-refractivity contribution in [1.82, 2.24) is 3.97 Å². The van der Waals surface area contributed by atoms with Crippen molar-refractivity contribution in [1.29, 1.82) is 0 Å². The molecule has 3 heteroatoms. The van der Waals surface area contributed by atoms with E-state index in [0.717, 1.165) is 23.9 Å². The minimum atomic E-state index is -0.199. The van der Waals surface area contributed by atoms with Gasteiger partial charge in [0.25, 0.3) is 0 Å². The normalized spacial score (nSPS) is 16.8. The second kappa shape index (κ2) is 6.62. The highest BCUT2D eigenvalue weighted by Gasteiger charge is 2.28. The lowest BCUT2D eigenvalue weighted by molar-refractivity contribution is 0.627. The molecule has 1 aromatic heterocycles. The summed E-state index contributed by atoms with van der Waals surface area (Å²) < 4.78 is 15.5. The van der Waals surface area contributed by atoms with Crippen molar-refractivity contribution in [2.75, 3.05) is 0 Å². The van der Waals surface area contributed by atoms with Gasteiger partial charge >= 0.3 is 0 Å². The fourth-order valence-corrected chi connectivity index (χ4v) is 4.49. The molecular formula is C23H24FNS. The maximum atomic E-state index is 13.4. The lowest BCUT2D eigenvalue weighted by atomic mass is 9.82. The summed E-state index contributed by atoms with van der Waals surface area (Å²) in [5, 5.41) is 1.25. The van der Waals surface area contributed by atoms with Crippen molar-refractivity contribution in [2.45, 2.75) is 45.4 Å². The zero-order valence-corrected chi connectivity index (χ0v) is 16.4. The van der Waals surface area contributed by atoms with E-state index in [2.05, 4.69) is 49.0 Å². The Labute approximate surface area is 160 Å². The Bertz CT molecular complexity index is 995. The summed E-state index contributed by atoms with van der Waals surface area (Å²) in [6.45, 7) is 6.67. The van der Waals surface area contributed by atoms with Crippen LogP contribution in [0.1, 0.15) is 67.8 Å². The van der Waals surface area contributed by atoms with Crippen molar-refractivity contribution in [3.63, 3.8) is 0 Å². The molecule has 1 unspecified atom stereocenters. The van der Waals surface area contributed by atoms with Crippen LogP contribution >= 0.6 is 12.8 Å². The first-order chi connectivity index (χ1) is 12.5. The summed E-state index contributed by atoms with van der Waals surface area (Å²) in [4.78, 5) is 0. The smallest absolute Gasteiger partial charge is 0.123 e. The van der Waals surface area contributed by atoms with Crippen molar-refractivity contribution in [2.24, 2.45) is 0 Å². The van der Waals surface area contributed by atoms with E-state index in [0.29, 0.717) is 11.8 Å². The van der Waals surface area contributed by atoms with Gasteiger partial charge in [-0.1, -0.05) is 57.9 Å². The average Bonchev–Trinajstić information content (AvgIpc) is 2.95. The largest absolute Gasteiger partial charge is 0.290 e. The van der Waals surface area contributed by atoms with Crippen molar-refractivity contribution in [3.05, 3.63) is 76.7 Å². The van der Waals surface area contributed by atoms with Crippen LogP contribution < -0.4 is 0 Å². The van der Waals surface area contributed by atoms with E-state index in [1.165, 1.54) is 27.8 Å². The van der Waals surface area contributed by atoms with Crippen LogP contribution in [-0.4, -0.2) is 3.97 Å². The van der Waals surface area contributed by atoms with Gasteiger partial charge in [-0.3, -0.25) is 3.97 Å². The highest BCUT2D eigenvalue weighted by atomic mass is 32.1. The first-order valence-corrected chi connectivity index (χ1v) is 9.75. The summed E-state index contributed by atoms with van der Waals surface area (Å²) in [6, 6.07) is 13.5. The molecule has 1 atom stereocenters. The highest BCUT2D eigenvalue weighted by Crippen LogP contribution is 2.45. The molecule has 0 fully saturated rings. The third kappa shape index (κ3) is 2.69. The molecule has 1 aliphatic carbocycles. The number of hydrogen-bond donors (Lipinski definition) is 1. The fourth-order valence-electron chi connectivity index (χ4n) is 4.06. The van der Waals surface area contributed by atoms with Crippen molar-refractivity contribution >= 4 is 29.3 Å². The first kappa shape index (κ1) is 17.4. The topological polar surface area (TPSA) is 4.93 Å². The zero-order chi connectivity index (χ0) is 18.4. The van der Waals surface area contributed by atoms with Gasteiger partial charge < -0.3 is 0 Å². The molecule has 0 spiro atoms. The Morgan fingerprint density at radius 1 is 1.15 bits per heavy atom. The number of aromatic nitrogens is 1. The van der Waals surface area contributed by atoms with Gasteiger partial charge in [-0.2, -0.15) is 0 Å². The minimum absolute atomic E-state index is 0.199. The fraction of sp³-hybridized carbons (Fsp3) is 0.304. The number of hydrogen-bond acceptors (Lipinski definition) is 1. The van der Waals surface area contributed by atoms with Crippen LogP contribution in [-0.2, 0) is 0 Å². The van der Waals surface area contributed by atoms with Crippen LogP contribution in [0.25, 0.3) is 16.5 Å². The van der Waals surface area contributed by atoms with E-state index in [9.17, 15) is 4.39 Å². The standard InChI is InChI=1S/C23H24FNS/c1-4-15-7-11-19(16-5-9-18(24)10-6-16)22-20-13-17(14(2)3)8-12-21(20)25(26)23(15)22/h5-6,8-15,26H,4,7H2,1-3H3. The molecule has 0 radical (unpaired) electrons. The van der Waals surface area contributed by atoms with Crippen LogP contribution in [0.5, 0.6) is 0 Å². The molecule has 0 saturated carbocycles. The van der Waals surface area contributed by atoms with Crippen molar-refractivity contribution in [3.8, 4) is 0 Å². The van der Waals surface area contributed by atoms with Gasteiger partial charge in [-0.25, -0.2) is 4.39 Å². The molecule has 0 bridgehead atoms. The van der Waals surface area contributed by atoms with Gasteiger partial charge in [-0.05, 0) is 59.7 Å². The third-order valence-electron chi connectivity index (χ3n) is 5.58. The van der Waals surface area contributed by atoms with Gasteiger partial charge in [0, 0.05) is 22.6 Å². The van der Waals surface area contributed by atoms with Gasteiger partial charge in [-0.15, -0.1) is 0 Å². The van der Waals surface area contributed by atoms with Gasteiger partial charge in [0.2, 0.25) is 0 Å². The molecule has 2 aromatic carbocycles. The molecule has 4 rings (SSSR count).